The number of nitrogens with zero attached hydrogens (tertiary/aromatic N) is 3. The molecule has 35 heavy (non-hydrogen) atoms. The second kappa shape index (κ2) is 9.62. The van der Waals surface area contributed by atoms with Crippen LogP contribution < -0.4 is 21.3 Å². The summed E-state index contributed by atoms with van der Waals surface area (Å²) >= 11 is 1.14. The SMILES string of the molecule is CNC1(C(N)=O)CCN(c2ccccc2NC(=O)c2csc(-c3ccc(C(F)(F)F)nc3)n2)CC1. The van der Waals surface area contributed by atoms with Crippen LogP contribution in [0.1, 0.15) is 29.0 Å². The number of carbonyl (C=O) groups excluding carboxylic acids is 2. The highest BCUT2D eigenvalue weighted by molar-refractivity contribution is 7.13. The number of hydrogen-bond acceptors (Lipinski definition) is 7. The van der Waals surface area contributed by atoms with Gasteiger partial charge in [-0.3, -0.25) is 14.6 Å². The zero-order chi connectivity index (χ0) is 25.2. The van der Waals surface area contributed by atoms with Gasteiger partial charge in [0.15, 0.2) is 0 Å². The number of likely N-dealkylation sites (N-methyl/N-ethyl adjacent to an activating group) is 1. The van der Waals surface area contributed by atoms with E-state index in [0.29, 0.717) is 42.2 Å². The quantitative estimate of drug-likeness (QED) is 0.474. The molecule has 0 unspecified atom stereocenters. The molecule has 3 heterocycles. The molecule has 0 atom stereocenters. The minimum absolute atomic E-state index is 0.140. The van der Waals surface area contributed by atoms with Crippen LogP contribution in [0.2, 0.25) is 0 Å². The Morgan fingerprint density at radius 2 is 1.86 bits per heavy atom. The van der Waals surface area contributed by atoms with Gasteiger partial charge >= 0.3 is 6.18 Å². The predicted molar refractivity (Wildman–Crippen MR) is 127 cm³/mol. The number of rotatable bonds is 6. The fourth-order valence-corrected chi connectivity index (χ4v) is 4.78. The van der Waals surface area contributed by atoms with Crippen LogP contribution in [0.3, 0.4) is 0 Å². The molecule has 1 aliphatic heterocycles. The van der Waals surface area contributed by atoms with Gasteiger partial charge in [-0.05, 0) is 44.2 Å². The van der Waals surface area contributed by atoms with E-state index in [9.17, 15) is 22.8 Å². The van der Waals surface area contributed by atoms with Crippen molar-refractivity contribution in [3.05, 3.63) is 59.4 Å². The van der Waals surface area contributed by atoms with Gasteiger partial charge in [0.1, 0.15) is 21.9 Å². The molecule has 0 spiro atoms. The first-order valence-electron chi connectivity index (χ1n) is 10.8. The van der Waals surface area contributed by atoms with E-state index in [1.165, 1.54) is 6.07 Å². The highest BCUT2D eigenvalue weighted by atomic mass is 32.1. The highest BCUT2D eigenvalue weighted by Crippen LogP contribution is 2.33. The Balaban J connectivity index is 1.47. The fourth-order valence-electron chi connectivity index (χ4n) is 3.99. The Morgan fingerprint density at radius 3 is 2.46 bits per heavy atom. The maximum absolute atomic E-state index is 12.9. The molecule has 2 aromatic heterocycles. The maximum Gasteiger partial charge on any atom is 0.433 e. The third-order valence-corrected chi connectivity index (χ3v) is 6.99. The summed E-state index contributed by atoms with van der Waals surface area (Å²) in [4.78, 5) is 34.6. The van der Waals surface area contributed by atoms with E-state index in [2.05, 4.69) is 25.5 Å². The molecule has 12 heteroatoms. The Hall–Kier alpha value is -3.51. The van der Waals surface area contributed by atoms with Crippen LogP contribution in [-0.4, -0.2) is 47.5 Å². The predicted octanol–water partition coefficient (Wildman–Crippen LogP) is 3.52. The number of nitrogens with one attached hydrogen (secondary N) is 2. The number of pyridine rings is 1. The van der Waals surface area contributed by atoms with Gasteiger partial charge < -0.3 is 21.3 Å². The van der Waals surface area contributed by atoms with Gasteiger partial charge in [-0.15, -0.1) is 11.3 Å². The number of thiazole rings is 1. The van der Waals surface area contributed by atoms with Gasteiger partial charge in [0.2, 0.25) is 5.91 Å². The highest BCUT2D eigenvalue weighted by Gasteiger charge is 2.39. The van der Waals surface area contributed by atoms with E-state index in [1.54, 1.807) is 24.6 Å². The summed E-state index contributed by atoms with van der Waals surface area (Å²) in [7, 11) is 1.72. The van der Waals surface area contributed by atoms with Gasteiger partial charge in [-0.2, -0.15) is 13.2 Å². The number of hydrogen-bond donors (Lipinski definition) is 3. The van der Waals surface area contributed by atoms with Crippen molar-refractivity contribution in [2.75, 3.05) is 30.4 Å². The summed E-state index contributed by atoms with van der Waals surface area (Å²) in [6.07, 6.45) is -2.38. The van der Waals surface area contributed by atoms with Gasteiger partial charge in [-0.25, -0.2) is 4.98 Å². The molecule has 3 aromatic rings. The molecule has 0 radical (unpaired) electrons. The number of amides is 2. The number of aromatic nitrogens is 2. The second-order valence-corrected chi connectivity index (χ2v) is 8.98. The third kappa shape index (κ3) is 5.13. The van der Waals surface area contributed by atoms with Gasteiger partial charge in [0, 0.05) is 30.2 Å². The van der Waals surface area contributed by atoms with Crippen molar-refractivity contribution in [3.63, 3.8) is 0 Å². The molecule has 1 aromatic carbocycles. The monoisotopic (exact) mass is 504 g/mol. The van der Waals surface area contributed by atoms with Crippen molar-refractivity contribution < 1.29 is 22.8 Å². The van der Waals surface area contributed by atoms with Crippen LogP contribution in [0.25, 0.3) is 10.6 Å². The van der Waals surface area contributed by atoms with Crippen LogP contribution in [-0.2, 0) is 11.0 Å². The van der Waals surface area contributed by atoms with Gasteiger partial charge in [-0.1, -0.05) is 12.1 Å². The average Bonchev–Trinajstić information content (AvgIpc) is 3.34. The number of para-hydroxylation sites is 2. The van der Waals surface area contributed by atoms with E-state index < -0.39 is 23.3 Å². The first kappa shape index (κ1) is 24.6. The van der Waals surface area contributed by atoms with E-state index in [1.807, 2.05) is 12.1 Å². The standard InChI is InChI=1S/C23H23F3N6O2S/c1-28-22(21(27)34)8-10-32(11-9-22)17-5-3-2-4-15(17)30-19(33)16-13-35-20(31-16)14-6-7-18(29-12-14)23(24,25)26/h2-7,12-13,28H,8-11H2,1H3,(H2,27,34)(H,30,33). The van der Waals surface area contributed by atoms with Gasteiger partial charge in [0.05, 0.1) is 11.4 Å². The van der Waals surface area contributed by atoms with Crippen molar-refractivity contribution in [3.8, 4) is 10.6 Å². The number of piperidine rings is 1. The smallest absolute Gasteiger partial charge is 0.370 e. The summed E-state index contributed by atoms with van der Waals surface area (Å²) in [5.74, 6) is -0.831. The van der Waals surface area contributed by atoms with Crippen LogP contribution in [0.15, 0.2) is 48.0 Å². The number of benzene rings is 1. The molecule has 1 saturated heterocycles. The lowest BCUT2D eigenvalue weighted by atomic mass is 9.86. The van der Waals surface area contributed by atoms with E-state index in [0.717, 1.165) is 29.3 Å². The van der Waals surface area contributed by atoms with Crippen molar-refractivity contribution >= 4 is 34.5 Å². The summed E-state index contributed by atoms with van der Waals surface area (Å²) in [6, 6.07) is 9.47. The molecule has 4 rings (SSSR count). The molecule has 0 aliphatic carbocycles. The zero-order valence-electron chi connectivity index (χ0n) is 18.7. The van der Waals surface area contributed by atoms with Crippen molar-refractivity contribution in [1.82, 2.24) is 15.3 Å². The first-order valence-corrected chi connectivity index (χ1v) is 11.6. The number of halogens is 3. The number of nitrogens with two attached hydrogens (primary N) is 1. The minimum atomic E-state index is -4.53. The zero-order valence-corrected chi connectivity index (χ0v) is 19.5. The van der Waals surface area contributed by atoms with Crippen LogP contribution in [0.5, 0.6) is 0 Å². The summed E-state index contributed by atoms with van der Waals surface area (Å²) in [5, 5.41) is 7.84. The lowest BCUT2D eigenvalue weighted by molar-refractivity contribution is -0.141. The molecule has 1 fully saturated rings. The number of alkyl halides is 3. The Kier molecular flexibility index (Phi) is 6.77. The topological polar surface area (TPSA) is 113 Å². The summed E-state index contributed by atoms with van der Waals surface area (Å²) < 4.78 is 38.2. The van der Waals surface area contributed by atoms with Crippen LogP contribution >= 0.6 is 11.3 Å². The molecule has 1 aliphatic rings. The van der Waals surface area contributed by atoms with Crippen molar-refractivity contribution in [2.24, 2.45) is 5.73 Å². The normalized spacial score (nSPS) is 15.6. The lowest BCUT2D eigenvalue weighted by Crippen LogP contribution is -2.59. The lowest BCUT2D eigenvalue weighted by Gasteiger charge is -2.41. The average molecular weight is 505 g/mol. The molecule has 0 saturated carbocycles. The molecular formula is C23H23F3N6O2S. The maximum atomic E-state index is 12.9. The Labute approximate surface area is 203 Å². The Morgan fingerprint density at radius 1 is 1.14 bits per heavy atom. The van der Waals surface area contributed by atoms with Gasteiger partial charge in [0.25, 0.3) is 5.91 Å². The molecule has 4 N–H and O–H groups in total. The fraction of sp³-hybridized carbons (Fsp3) is 0.304. The summed E-state index contributed by atoms with van der Waals surface area (Å²) in [6.45, 7) is 1.14. The van der Waals surface area contributed by atoms with Crippen LogP contribution in [0, 0.1) is 0 Å². The number of carbonyl (C=O) groups is 2. The van der Waals surface area contributed by atoms with E-state index in [-0.39, 0.29) is 11.6 Å². The van der Waals surface area contributed by atoms with Crippen molar-refractivity contribution in [1.29, 1.82) is 0 Å². The number of anilines is 2. The van der Waals surface area contributed by atoms with E-state index in [4.69, 9.17) is 5.73 Å². The molecular weight excluding hydrogens is 481 g/mol. The molecule has 0 bridgehead atoms. The van der Waals surface area contributed by atoms with Crippen molar-refractivity contribution in [2.45, 2.75) is 24.6 Å². The molecule has 8 nitrogen and oxygen atoms in total. The summed E-state index contributed by atoms with van der Waals surface area (Å²) in [5.41, 5.74) is 5.76. The second-order valence-electron chi connectivity index (χ2n) is 8.12. The number of primary amides is 1. The first-order chi connectivity index (χ1) is 16.6. The van der Waals surface area contributed by atoms with Crippen LogP contribution in [0.4, 0.5) is 24.5 Å². The minimum Gasteiger partial charge on any atom is -0.370 e. The molecule has 184 valence electrons. The third-order valence-electron chi connectivity index (χ3n) is 6.10. The largest absolute Gasteiger partial charge is 0.433 e. The van der Waals surface area contributed by atoms with E-state index >= 15 is 0 Å². The molecule has 2 amide bonds. The Bertz CT molecular complexity index is 1220.